The van der Waals surface area contributed by atoms with Gasteiger partial charge in [0.25, 0.3) is 0 Å². The smallest absolute Gasteiger partial charge is 0.123 e. The van der Waals surface area contributed by atoms with E-state index in [1.807, 2.05) is 6.07 Å². The molecule has 0 amide bonds. The minimum atomic E-state index is 0.259. The summed E-state index contributed by atoms with van der Waals surface area (Å²) in [5.41, 5.74) is 1.19. The molecular weight excluding hydrogens is 290 g/mol. The average Bonchev–Trinajstić information content (AvgIpc) is 2.34. The fraction of sp³-hybridized carbons (Fsp3) is 0.600. The second-order valence-electron chi connectivity index (χ2n) is 4.64. The molecule has 3 heteroatoms. The van der Waals surface area contributed by atoms with Crippen LogP contribution in [0.25, 0.3) is 0 Å². The second kappa shape index (κ2) is 8.54. The molecule has 1 unspecified atom stereocenters. The van der Waals surface area contributed by atoms with Gasteiger partial charge in [0.05, 0.1) is 0 Å². The van der Waals surface area contributed by atoms with E-state index >= 15 is 0 Å². The predicted molar refractivity (Wildman–Crippen MR) is 81.4 cm³/mol. The molecule has 0 aliphatic rings. The van der Waals surface area contributed by atoms with Crippen molar-refractivity contribution in [1.82, 2.24) is 5.32 Å². The predicted octanol–water partition coefficient (Wildman–Crippen LogP) is 4.30. The molecule has 0 aliphatic carbocycles. The first-order chi connectivity index (χ1) is 8.67. The molecule has 2 nitrogen and oxygen atoms in total. The van der Waals surface area contributed by atoms with Crippen LogP contribution in [0.3, 0.4) is 0 Å². The maximum Gasteiger partial charge on any atom is 0.123 e. The Hall–Kier alpha value is -0.540. The van der Waals surface area contributed by atoms with Crippen LogP contribution < -0.4 is 10.1 Å². The monoisotopic (exact) mass is 313 g/mol. The molecule has 0 aliphatic heterocycles. The van der Waals surface area contributed by atoms with E-state index in [0.717, 1.165) is 42.6 Å². The van der Waals surface area contributed by atoms with E-state index in [2.05, 4.69) is 54.2 Å². The summed E-state index contributed by atoms with van der Waals surface area (Å²) in [4.78, 5) is 0. The lowest BCUT2D eigenvalue weighted by atomic mass is 10.2. The topological polar surface area (TPSA) is 21.3 Å². The van der Waals surface area contributed by atoms with E-state index in [0.29, 0.717) is 0 Å². The van der Waals surface area contributed by atoms with Gasteiger partial charge in [-0.3, -0.25) is 0 Å². The number of aryl methyl sites for hydroxylation is 1. The molecule has 1 aromatic rings. The van der Waals surface area contributed by atoms with E-state index < -0.39 is 0 Å². The summed E-state index contributed by atoms with van der Waals surface area (Å²) in [5.74, 6) is 0.987. The van der Waals surface area contributed by atoms with Crippen LogP contribution in [0.1, 0.15) is 38.7 Å². The van der Waals surface area contributed by atoms with Crippen molar-refractivity contribution in [3.05, 3.63) is 28.2 Å². The highest BCUT2D eigenvalue weighted by Gasteiger charge is 2.11. The summed E-state index contributed by atoms with van der Waals surface area (Å²) in [6.07, 6.45) is 3.65. The molecule has 0 saturated heterocycles. The molecule has 0 bridgehead atoms. The van der Waals surface area contributed by atoms with Gasteiger partial charge in [0.1, 0.15) is 11.9 Å². The van der Waals surface area contributed by atoms with Crippen molar-refractivity contribution in [1.29, 1.82) is 0 Å². The van der Waals surface area contributed by atoms with Gasteiger partial charge in [0.15, 0.2) is 0 Å². The SMILES string of the molecule is CCCNCC(CCC)Oc1cc(Br)ccc1C. The third kappa shape index (κ3) is 5.40. The quantitative estimate of drug-likeness (QED) is 0.722. The van der Waals surface area contributed by atoms with E-state index in [9.17, 15) is 0 Å². The normalized spacial score (nSPS) is 12.4. The lowest BCUT2D eigenvalue weighted by Crippen LogP contribution is -2.32. The Balaban J connectivity index is 2.60. The molecule has 0 radical (unpaired) electrons. The Morgan fingerprint density at radius 3 is 2.72 bits per heavy atom. The molecule has 1 aromatic carbocycles. The van der Waals surface area contributed by atoms with E-state index in [4.69, 9.17) is 4.74 Å². The maximum absolute atomic E-state index is 6.12. The van der Waals surface area contributed by atoms with Gasteiger partial charge >= 0.3 is 0 Å². The van der Waals surface area contributed by atoms with Crippen molar-refractivity contribution in [3.63, 3.8) is 0 Å². The Labute approximate surface area is 119 Å². The molecular formula is C15H24BrNO. The van der Waals surface area contributed by atoms with Crippen LogP contribution in [0.2, 0.25) is 0 Å². The molecule has 0 fully saturated rings. The Kier molecular flexibility index (Phi) is 7.36. The van der Waals surface area contributed by atoms with Crippen LogP contribution in [0.5, 0.6) is 5.75 Å². The Morgan fingerprint density at radius 2 is 2.06 bits per heavy atom. The van der Waals surface area contributed by atoms with Gasteiger partial charge in [-0.2, -0.15) is 0 Å². The number of rotatable bonds is 8. The summed E-state index contributed by atoms with van der Waals surface area (Å²) >= 11 is 3.49. The number of ether oxygens (including phenoxy) is 1. The molecule has 18 heavy (non-hydrogen) atoms. The van der Waals surface area contributed by atoms with Gasteiger partial charge in [0, 0.05) is 11.0 Å². The van der Waals surface area contributed by atoms with Gasteiger partial charge in [0.2, 0.25) is 0 Å². The number of halogens is 1. The largest absolute Gasteiger partial charge is 0.489 e. The molecule has 1 atom stereocenters. The summed E-state index contributed by atoms with van der Waals surface area (Å²) in [6.45, 7) is 8.45. The number of nitrogens with one attached hydrogen (secondary N) is 1. The zero-order valence-corrected chi connectivity index (χ0v) is 13.2. The fourth-order valence-electron chi connectivity index (χ4n) is 1.84. The number of hydrogen-bond donors (Lipinski definition) is 1. The van der Waals surface area contributed by atoms with Crippen LogP contribution in [-0.2, 0) is 0 Å². The Morgan fingerprint density at radius 1 is 1.28 bits per heavy atom. The van der Waals surface area contributed by atoms with Gasteiger partial charge in [-0.1, -0.05) is 42.3 Å². The lowest BCUT2D eigenvalue weighted by Gasteiger charge is -2.20. The van der Waals surface area contributed by atoms with Gasteiger partial charge in [-0.05, 0) is 44.0 Å². The van der Waals surface area contributed by atoms with Gasteiger partial charge < -0.3 is 10.1 Å². The summed E-state index contributed by atoms with van der Waals surface area (Å²) in [6, 6.07) is 6.19. The van der Waals surface area contributed by atoms with Crippen molar-refractivity contribution in [2.75, 3.05) is 13.1 Å². The first kappa shape index (κ1) is 15.5. The van der Waals surface area contributed by atoms with E-state index in [1.165, 1.54) is 5.56 Å². The van der Waals surface area contributed by atoms with Crippen LogP contribution >= 0.6 is 15.9 Å². The molecule has 1 N–H and O–H groups in total. The zero-order valence-electron chi connectivity index (χ0n) is 11.6. The van der Waals surface area contributed by atoms with Crippen molar-refractivity contribution in [3.8, 4) is 5.75 Å². The van der Waals surface area contributed by atoms with Crippen LogP contribution in [0.4, 0.5) is 0 Å². The lowest BCUT2D eigenvalue weighted by molar-refractivity contribution is 0.185. The highest BCUT2D eigenvalue weighted by molar-refractivity contribution is 9.10. The first-order valence-corrected chi connectivity index (χ1v) is 7.60. The fourth-order valence-corrected chi connectivity index (χ4v) is 2.18. The van der Waals surface area contributed by atoms with E-state index in [-0.39, 0.29) is 6.10 Å². The highest BCUT2D eigenvalue weighted by atomic mass is 79.9. The second-order valence-corrected chi connectivity index (χ2v) is 5.56. The van der Waals surface area contributed by atoms with Crippen LogP contribution in [0, 0.1) is 6.92 Å². The zero-order chi connectivity index (χ0) is 13.4. The van der Waals surface area contributed by atoms with Gasteiger partial charge in [-0.25, -0.2) is 0 Å². The van der Waals surface area contributed by atoms with Crippen molar-refractivity contribution in [2.24, 2.45) is 0 Å². The van der Waals surface area contributed by atoms with Gasteiger partial charge in [-0.15, -0.1) is 0 Å². The minimum absolute atomic E-state index is 0.259. The third-order valence-electron chi connectivity index (χ3n) is 2.85. The summed E-state index contributed by atoms with van der Waals surface area (Å²) in [5, 5.41) is 3.44. The summed E-state index contributed by atoms with van der Waals surface area (Å²) < 4.78 is 7.19. The highest BCUT2D eigenvalue weighted by Crippen LogP contribution is 2.24. The first-order valence-electron chi connectivity index (χ1n) is 6.80. The number of hydrogen-bond acceptors (Lipinski definition) is 2. The standard InChI is InChI=1S/C15H24BrNO/c1-4-6-14(11-17-9-5-2)18-15-10-13(16)8-7-12(15)3/h7-8,10,14,17H,4-6,9,11H2,1-3H3. The third-order valence-corrected chi connectivity index (χ3v) is 3.35. The average molecular weight is 314 g/mol. The van der Waals surface area contributed by atoms with Crippen molar-refractivity contribution in [2.45, 2.75) is 46.1 Å². The molecule has 0 heterocycles. The van der Waals surface area contributed by atoms with Crippen LogP contribution in [-0.4, -0.2) is 19.2 Å². The van der Waals surface area contributed by atoms with Crippen molar-refractivity contribution < 1.29 is 4.74 Å². The molecule has 102 valence electrons. The summed E-state index contributed by atoms with van der Waals surface area (Å²) in [7, 11) is 0. The number of benzene rings is 1. The molecule has 0 saturated carbocycles. The maximum atomic E-state index is 6.12. The minimum Gasteiger partial charge on any atom is -0.489 e. The molecule has 1 rings (SSSR count). The Bertz CT molecular complexity index is 354. The van der Waals surface area contributed by atoms with E-state index in [1.54, 1.807) is 0 Å². The molecule has 0 spiro atoms. The molecule has 0 aromatic heterocycles. The van der Waals surface area contributed by atoms with Crippen molar-refractivity contribution >= 4 is 15.9 Å². The van der Waals surface area contributed by atoms with Crippen LogP contribution in [0.15, 0.2) is 22.7 Å².